The number of fused-ring (bicyclic) bond motifs is 3. The molecule has 0 aliphatic carbocycles. The fraction of sp³-hybridized carbons (Fsp3) is 0.360. The van der Waals surface area contributed by atoms with Gasteiger partial charge in [-0.15, -0.1) is 0 Å². The third kappa shape index (κ3) is 7.06. The maximum atomic E-state index is 12.6. The smallest absolute Gasteiger partial charge is 0.326 e. The Balaban J connectivity index is 1.79. The van der Waals surface area contributed by atoms with Gasteiger partial charge < -0.3 is 25.8 Å². The summed E-state index contributed by atoms with van der Waals surface area (Å²) in [5.41, 5.74) is 1.31. The van der Waals surface area contributed by atoms with Crippen LogP contribution in [0.25, 0.3) is 0 Å². The molecule has 3 amide bonds. The van der Waals surface area contributed by atoms with E-state index in [4.69, 9.17) is 4.74 Å². The molecule has 34 heavy (non-hydrogen) atoms. The van der Waals surface area contributed by atoms with Crippen molar-refractivity contribution in [3.63, 3.8) is 0 Å². The number of benzene rings is 2. The highest BCUT2D eigenvalue weighted by Gasteiger charge is 2.21. The summed E-state index contributed by atoms with van der Waals surface area (Å²) < 4.78 is 5.72. The minimum absolute atomic E-state index is 0.0455. The number of nitrogens with one attached hydrogen (secondary N) is 3. The Morgan fingerprint density at radius 3 is 2.59 bits per heavy atom. The maximum Gasteiger partial charge on any atom is 0.326 e. The molecule has 0 fully saturated rings. The number of aliphatic carboxylic acids is 1. The van der Waals surface area contributed by atoms with Gasteiger partial charge in [0.15, 0.2) is 0 Å². The Hall–Kier alpha value is -3.88. The first-order chi connectivity index (χ1) is 16.3. The van der Waals surface area contributed by atoms with Crippen molar-refractivity contribution < 1.29 is 29.0 Å². The molecule has 3 rings (SSSR count). The zero-order valence-corrected chi connectivity index (χ0v) is 19.0. The highest BCUT2D eigenvalue weighted by molar-refractivity contribution is 5.97. The van der Waals surface area contributed by atoms with Crippen molar-refractivity contribution in [1.82, 2.24) is 16.0 Å². The molecule has 0 unspecified atom stereocenters. The van der Waals surface area contributed by atoms with Crippen LogP contribution in [0.3, 0.4) is 0 Å². The van der Waals surface area contributed by atoms with Gasteiger partial charge in [-0.25, -0.2) is 4.79 Å². The van der Waals surface area contributed by atoms with E-state index in [0.29, 0.717) is 36.3 Å². The van der Waals surface area contributed by atoms with Crippen molar-refractivity contribution in [2.24, 2.45) is 0 Å². The van der Waals surface area contributed by atoms with Gasteiger partial charge in [-0.1, -0.05) is 24.3 Å². The lowest BCUT2D eigenvalue weighted by Crippen LogP contribution is -2.41. The molecule has 2 aromatic carbocycles. The molecule has 1 aliphatic heterocycles. The van der Waals surface area contributed by atoms with Gasteiger partial charge in [-0.05, 0) is 56.0 Å². The van der Waals surface area contributed by atoms with E-state index in [-0.39, 0.29) is 42.9 Å². The van der Waals surface area contributed by atoms with Crippen LogP contribution in [0, 0.1) is 0 Å². The van der Waals surface area contributed by atoms with E-state index in [0.717, 1.165) is 0 Å². The van der Waals surface area contributed by atoms with Crippen LogP contribution in [0.2, 0.25) is 0 Å². The number of rotatable bonds is 1. The van der Waals surface area contributed by atoms with E-state index in [1.54, 1.807) is 49.4 Å². The Labute approximate surface area is 197 Å². The number of hydrogen-bond acceptors (Lipinski definition) is 5. The van der Waals surface area contributed by atoms with Gasteiger partial charge in [0, 0.05) is 17.7 Å². The molecule has 9 heteroatoms. The summed E-state index contributed by atoms with van der Waals surface area (Å²) in [5, 5.41) is 17.7. The first-order valence-electron chi connectivity index (χ1n) is 11.3. The van der Waals surface area contributed by atoms with Gasteiger partial charge in [0.05, 0.1) is 12.5 Å². The highest BCUT2D eigenvalue weighted by atomic mass is 16.5. The first-order valence-corrected chi connectivity index (χ1v) is 11.3. The van der Waals surface area contributed by atoms with Crippen LogP contribution in [0.5, 0.6) is 5.75 Å². The lowest BCUT2D eigenvalue weighted by atomic mass is 10.0. The molecule has 2 atom stereocenters. The minimum atomic E-state index is -1.12. The number of amides is 3. The van der Waals surface area contributed by atoms with Crippen molar-refractivity contribution >= 4 is 23.7 Å². The molecule has 9 nitrogen and oxygen atoms in total. The zero-order valence-electron chi connectivity index (χ0n) is 19.0. The summed E-state index contributed by atoms with van der Waals surface area (Å²) in [5.74, 6) is -1.74. The fourth-order valence-electron chi connectivity index (χ4n) is 3.65. The van der Waals surface area contributed by atoms with Crippen LogP contribution in [0.15, 0.2) is 48.5 Å². The largest absolute Gasteiger partial charge is 0.491 e. The van der Waals surface area contributed by atoms with Crippen LogP contribution in [0.4, 0.5) is 0 Å². The fourth-order valence-corrected chi connectivity index (χ4v) is 3.65. The van der Waals surface area contributed by atoms with Crippen molar-refractivity contribution in [2.75, 3.05) is 13.2 Å². The molecule has 2 aromatic rings. The number of carboxylic acid groups (broad SMARTS) is 1. The normalized spacial score (nSPS) is 20.6. The van der Waals surface area contributed by atoms with Gasteiger partial charge in [-0.2, -0.15) is 0 Å². The average Bonchev–Trinajstić information content (AvgIpc) is 2.81. The molecule has 2 bridgehead atoms. The van der Waals surface area contributed by atoms with Gasteiger partial charge in [0.1, 0.15) is 18.4 Å². The second-order valence-electron chi connectivity index (χ2n) is 8.26. The summed E-state index contributed by atoms with van der Waals surface area (Å²) in [6.07, 6.45) is 1.29. The maximum absolute atomic E-state index is 12.6. The highest BCUT2D eigenvalue weighted by Crippen LogP contribution is 2.15. The lowest BCUT2D eigenvalue weighted by Gasteiger charge is -2.17. The predicted molar refractivity (Wildman–Crippen MR) is 125 cm³/mol. The number of carbonyl (C=O) groups is 4. The number of ether oxygens (including phenoxy) is 1. The van der Waals surface area contributed by atoms with Crippen molar-refractivity contribution in [3.05, 3.63) is 65.2 Å². The van der Waals surface area contributed by atoms with Crippen LogP contribution >= 0.6 is 0 Å². The second-order valence-corrected chi connectivity index (χ2v) is 8.26. The van der Waals surface area contributed by atoms with Crippen molar-refractivity contribution in [3.8, 4) is 5.75 Å². The molecule has 0 aromatic heterocycles. The molecular weight excluding hydrogens is 438 g/mol. The molecular formula is C25H29N3O6. The SMILES string of the molecule is C[C@@H]1COc2cccc(c2)C(=O)N[C@H](C(=O)O)CCCCNC(=O)c2ccccc2CC(=O)N1. The van der Waals surface area contributed by atoms with E-state index >= 15 is 0 Å². The van der Waals surface area contributed by atoms with Crippen LogP contribution in [-0.2, 0) is 16.0 Å². The molecule has 0 saturated heterocycles. The molecule has 0 spiro atoms. The second kappa shape index (κ2) is 11.8. The zero-order chi connectivity index (χ0) is 24.5. The summed E-state index contributed by atoms with van der Waals surface area (Å²) in [6.45, 7) is 2.29. The van der Waals surface area contributed by atoms with Gasteiger partial charge in [-0.3, -0.25) is 14.4 Å². The van der Waals surface area contributed by atoms with E-state index in [2.05, 4.69) is 16.0 Å². The Kier molecular flexibility index (Phi) is 8.61. The van der Waals surface area contributed by atoms with Crippen LogP contribution < -0.4 is 20.7 Å². The number of carboxylic acids is 1. The van der Waals surface area contributed by atoms with Crippen molar-refractivity contribution in [2.45, 2.75) is 44.7 Å². The number of carbonyl (C=O) groups excluding carboxylic acids is 3. The van der Waals surface area contributed by atoms with Crippen LogP contribution in [0.1, 0.15) is 52.5 Å². The molecule has 0 radical (unpaired) electrons. The monoisotopic (exact) mass is 467 g/mol. The summed E-state index contributed by atoms with van der Waals surface area (Å²) in [6, 6.07) is 12.0. The van der Waals surface area contributed by atoms with Gasteiger partial charge in [0.2, 0.25) is 5.91 Å². The predicted octanol–water partition coefficient (Wildman–Crippen LogP) is 1.91. The van der Waals surface area contributed by atoms with E-state index < -0.39 is 17.9 Å². The Morgan fingerprint density at radius 2 is 1.79 bits per heavy atom. The lowest BCUT2D eigenvalue weighted by molar-refractivity contribution is -0.139. The average molecular weight is 468 g/mol. The van der Waals surface area contributed by atoms with Gasteiger partial charge >= 0.3 is 5.97 Å². The van der Waals surface area contributed by atoms with Crippen LogP contribution in [-0.4, -0.2) is 54.0 Å². The summed E-state index contributed by atoms with van der Waals surface area (Å²) >= 11 is 0. The Morgan fingerprint density at radius 1 is 1.00 bits per heavy atom. The third-order valence-corrected chi connectivity index (χ3v) is 5.43. The quantitative estimate of drug-likeness (QED) is 0.506. The molecule has 1 aliphatic rings. The molecule has 1 heterocycles. The van der Waals surface area contributed by atoms with Crippen molar-refractivity contribution in [1.29, 1.82) is 0 Å². The molecule has 0 saturated carbocycles. The topological polar surface area (TPSA) is 134 Å². The van der Waals surface area contributed by atoms with Gasteiger partial charge in [0.25, 0.3) is 11.8 Å². The molecule has 180 valence electrons. The first kappa shape index (κ1) is 24.8. The minimum Gasteiger partial charge on any atom is -0.491 e. The Bertz CT molecular complexity index is 1050. The summed E-state index contributed by atoms with van der Waals surface area (Å²) in [7, 11) is 0. The van der Waals surface area contributed by atoms with E-state index in [1.807, 2.05) is 0 Å². The van der Waals surface area contributed by atoms with E-state index in [1.165, 1.54) is 6.07 Å². The molecule has 4 N–H and O–H groups in total. The standard InChI is InChI=1S/C25H29N3O6/c1-16-15-34-19-9-6-8-18(13-19)23(30)28-21(25(32)33)11-4-5-12-26-24(31)20-10-3-2-7-17(20)14-22(29)27-16/h2-3,6-10,13,16,21H,4-5,11-12,14-15H2,1H3,(H,26,31)(H,27,29)(H,28,30)(H,32,33)/t16-,21+/m1/s1. The summed E-state index contributed by atoms with van der Waals surface area (Å²) in [4.78, 5) is 49.4. The third-order valence-electron chi connectivity index (χ3n) is 5.43. The number of hydrogen-bond donors (Lipinski definition) is 4. The van der Waals surface area contributed by atoms with E-state index in [9.17, 15) is 24.3 Å².